The maximum atomic E-state index is 2.29. The smallest absolute Gasteiger partial charge is 0.157 e. The van der Waals surface area contributed by atoms with Gasteiger partial charge in [0.1, 0.15) is 0 Å². The molecule has 0 aliphatic rings. The van der Waals surface area contributed by atoms with Crippen LogP contribution in [-0.4, -0.2) is 18.2 Å². The second-order valence-electron chi connectivity index (χ2n) is 6.48. The zero-order valence-electron chi connectivity index (χ0n) is 15.3. The van der Waals surface area contributed by atoms with Crippen molar-refractivity contribution in [1.29, 1.82) is 0 Å². The summed E-state index contributed by atoms with van der Waals surface area (Å²) < 4.78 is 0. The second-order valence-corrected chi connectivity index (χ2v) is 6.48. The lowest BCUT2D eigenvalue weighted by Crippen LogP contribution is -2.12. The molecule has 4 N–H and O–H groups in total. The van der Waals surface area contributed by atoms with E-state index in [0.29, 0.717) is 0 Å². The molecule has 23 heavy (non-hydrogen) atoms. The highest BCUT2D eigenvalue weighted by Gasteiger charge is 1.96. The monoisotopic (exact) mass is 322 g/mol. The topological polar surface area (TPSA) is 63.0 Å². The van der Waals surface area contributed by atoms with Crippen LogP contribution in [0.25, 0.3) is 0 Å². The summed E-state index contributed by atoms with van der Waals surface area (Å²) in [7, 11) is 1.26. The van der Waals surface area contributed by atoms with Gasteiger partial charge in [-0.25, -0.2) is 0 Å². The summed E-state index contributed by atoms with van der Waals surface area (Å²) in [6, 6.07) is 10.9. The van der Waals surface area contributed by atoms with E-state index in [4.69, 9.17) is 0 Å². The van der Waals surface area contributed by atoms with Gasteiger partial charge in [-0.05, 0) is 0 Å². The van der Waals surface area contributed by atoms with E-state index in [1.54, 1.807) is 0 Å². The SMILES string of the molecule is CCCCCCCCCCCCCCBc1ccccc1.O.O. The normalized spacial score (nSPS) is 9.78. The maximum absolute atomic E-state index is 2.29. The van der Waals surface area contributed by atoms with Crippen molar-refractivity contribution >= 4 is 12.7 Å². The predicted octanol–water partition coefficient (Wildman–Crippen LogP) is 4.22. The Morgan fingerprint density at radius 2 is 1.04 bits per heavy atom. The number of benzene rings is 1. The Morgan fingerprint density at radius 3 is 1.52 bits per heavy atom. The van der Waals surface area contributed by atoms with E-state index in [1.807, 2.05) is 0 Å². The quantitative estimate of drug-likeness (QED) is 0.364. The Morgan fingerprint density at radius 1 is 0.609 bits per heavy atom. The van der Waals surface area contributed by atoms with Crippen LogP contribution in [0.3, 0.4) is 0 Å². The van der Waals surface area contributed by atoms with Crippen molar-refractivity contribution in [3.63, 3.8) is 0 Å². The van der Waals surface area contributed by atoms with Gasteiger partial charge < -0.3 is 11.0 Å². The molecule has 0 bridgehead atoms. The molecule has 1 aromatic carbocycles. The average molecular weight is 322 g/mol. The molecule has 0 saturated heterocycles. The minimum absolute atomic E-state index is 0. The van der Waals surface area contributed by atoms with Gasteiger partial charge >= 0.3 is 0 Å². The Kier molecular flexibility index (Phi) is 20.5. The lowest BCUT2D eigenvalue weighted by atomic mass is 9.66. The highest BCUT2D eigenvalue weighted by atomic mass is 16.0. The third-order valence-corrected chi connectivity index (χ3v) is 4.41. The molecule has 0 spiro atoms. The number of hydrogen-bond acceptors (Lipinski definition) is 0. The average Bonchev–Trinajstić information content (AvgIpc) is 2.53. The molecular formula is C20H39BO2. The highest BCUT2D eigenvalue weighted by molar-refractivity contribution is 6.53. The second kappa shape index (κ2) is 19.3. The lowest BCUT2D eigenvalue weighted by Gasteiger charge is -2.03. The van der Waals surface area contributed by atoms with Gasteiger partial charge in [0.05, 0.1) is 0 Å². The largest absolute Gasteiger partial charge is 0.412 e. The Bertz CT molecular complexity index is 317. The van der Waals surface area contributed by atoms with E-state index < -0.39 is 0 Å². The summed E-state index contributed by atoms with van der Waals surface area (Å²) in [5.41, 5.74) is 1.50. The van der Waals surface area contributed by atoms with Crippen molar-refractivity contribution in [2.24, 2.45) is 0 Å². The molecule has 0 saturated carbocycles. The van der Waals surface area contributed by atoms with Crippen LogP contribution in [0.4, 0.5) is 0 Å². The van der Waals surface area contributed by atoms with Gasteiger partial charge in [0.25, 0.3) is 0 Å². The van der Waals surface area contributed by atoms with Crippen LogP contribution >= 0.6 is 0 Å². The molecule has 1 aromatic rings. The Balaban J connectivity index is 0. The first-order valence-corrected chi connectivity index (χ1v) is 9.47. The summed E-state index contributed by atoms with van der Waals surface area (Å²) in [5.74, 6) is 0. The minimum Gasteiger partial charge on any atom is -0.412 e. The summed E-state index contributed by atoms with van der Waals surface area (Å²) in [4.78, 5) is 0. The predicted molar refractivity (Wildman–Crippen MR) is 106 cm³/mol. The van der Waals surface area contributed by atoms with Crippen LogP contribution in [0.1, 0.15) is 84.0 Å². The zero-order chi connectivity index (χ0) is 15.0. The molecular weight excluding hydrogens is 283 g/mol. The highest BCUT2D eigenvalue weighted by Crippen LogP contribution is 2.12. The van der Waals surface area contributed by atoms with E-state index in [1.165, 1.54) is 96.1 Å². The van der Waals surface area contributed by atoms with E-state index in [2.05, 4.69) is 37.3 Å². The standard InChI is InChI=1S/C20H35B.2H2O/c1-2-3-4-5-6-7-8-9-10-11-12-16-19-21-20-17-14-13-15-18-20;;/h13-15,17-18,21H,2-12,16,19H2,1H3;2*1H2. The molecule has 0 aliphatic heterocycles. The number of rotatable bonds is 14. The molecule has 0 aliphatic carbocycles. The third-order valence-electron chi connectivity index (χ3n) is 4.41. The van der Waals surface area contributed by atoms with E-state index in [-0.39, 0.29) is 11.0 Å². The van der Waals surface area contributed by atoms with Crippen LogP contribution < -0.4 is 5.46 Å². The molecule has 3 heteroatoms. The minimum atomic E-state index is 0. The zero-order valence-corrected chi connectivity index (χ0v) is 15.3. The molecule has 0 radical (unpaired) electrons. The molecule has 1 rings (SSSR count). The maximum Gasteiger partial charge on any atom is 0.157 e. The molecule has 2 nitrogen and oxygen atoms in total. The van der Waals surface area contributed by atoms with Gasteiger partial charge in [0.15, 0.2) is 7.28 Å². The van der Waals surface area contributed by atoms with E-state index in [0.717, 1.165) is 0 Å². The Labute approximate surface area is 144 Å². The van der Waals surface area contributed by atoms with Crippen LogP contribution in [0, 0.1) is 0 Å². The van der Waals surface area contributed by atoms with E-state index >= 15 is 0 Å². The van der Waals surface area contributed by atoms with Crippen molar-refractivity contribution in [3.8, 4) is 0 Å². The summed E-state index contributed by atoms with van der Waals surface area (Å²) >= 11 is 0. The van der Waals surface area contributed by atoms with Crippen molar-refractivity contribution in [3.05, 3.63) is 30.3 Å². The van der Waals surface area contributed by atoms with E-state index in [9.17, 15) is 0 Å². The molecule has 0 atom stereocenters. The first-order valence-electron chi connectivity index (χ1n) is 9.47. The number of hydrogen-bond donors (Lipinski definition) is 0. The lowest BCUT2D eigenvalue weighted by molar-refractivity contribution is 0.548. The fourth-order valence-corrected chi connectivity index (χ4v) is 2.99. The van der Waals surface area contributed by atoms with Crippen LogP contribution in [-0.2, 0) is 0 Å². The van der Waals surface area contributed by atoms with Crippen molar-refractivity contribution in [2.75, 3.05) is 0 Å². The third kappa shape index (κ3) is 15.9. The molecule has 134 valence electrons. The van der Waals surface area contributed by atoms with Crippen LogP contribution in [0.15, 0.2) is 30.3 Å². The molecule has 0 heterocycles. The van der Waals surface area contributed by atoms with Gasteiger partial charge in [0.2, 0.25) is 0 Å². The fourth-order valence-electron chi connectivity index (χ4n) is 2.99. The molecule has 0 aromatic heterocycles. The molecule has 0 unspecified atom stereocenters. The first-order chi connectivity index (χ1) is 10.4. The van der Waals surface area contributed by atoms with Crippen molar-refractivity contribution < 1.29 is 11.0 Å². The first kappa shape index (κ1) is 24.5. The van der Waals surface area contributed by atoms with Gasteiger partial charge in [0, 0.05) is 0 Å². The molecule has 0 amide bonds. The summed E-state index contributed by atoms with van der Waals surface area (Å²) in [6.07, 6.45) is 18.7. The van der Waals surface area contributed by atoms with Gasteiger partial charge in [-0.3, -0.25) is 0 Å². The van der Waals surface area contributed by atoms with Gasteiger partial charge in [-0.2, -0.15) is 0 Å². The van der Waals surface area contributed by atoms with Crippen LogP contribution in [0.2, 0.25) is 6.32 Å². The van der Waals surface area contributed by atoms with Crippen molar-refractivity contribution in [2.45, 2.75) is 90.3 Å². The van der Waals surface area contributed by atoms with Crippen LogP contribution in [0.5, 0.6) is 0 Å². The van der Waals surface area contributed by atoms with Crippen molar-refractivity contribution in [1.82, 2.24) is 0 Å². The van der Waals surface area contributed by atoms with Gasteiger partial charge in [-0.15, -0.1) is 0 Å². The number of unbranched alkanes of at least 4 members (excludes halogenated alkanes) is 11. The van der Waals surface area contributed by atoms with Gasteiger partial charge in [-0.1, -0.05) is 126 Å². The summed E-state index contributed by atoms with van der Waals surface area (Å²) in [5, 5.41) is 0. The summed E-state index contributed by atoms with van der Waals surface area (Å²) in [6.45, 7) is 2.29. The fraction of sp³-hybridized carbons (Fsp3) is 0.700. The molecule has 0 fully saturated rings. The Hall–Kier alpha value is -0.795.